The van der Waals surface area contributed by atoms with Crippen LogP contribution in [-0.2, 0) is 17.8 Å². The van der Waals surface area contributed by atoms with Crippen molar-refractivity contribution < 1.29 is 4.74 Å². The van der Waals surface area contributed by atoms with Gasteiger partial charge in [0.05, 0.1) is 18.3 Å². The van der Waals surface area contributed by atoms with Crippen molar-refractivity contribution in [3.63, 3.8) is 0 Å². The Balaban J connectivity index is 1.72. The second-order valence-corrected chi connectivity index (χ2v) is 4.44. The highest BCUT2D eigenvalue weighted by Crippen LogP contribution is 2.21. The molecule has 1 aliphatic carbocycles. The van der Waals surface area contributed by atoms with Gasteiger partial charge in [0.2, 0.25) is 0 Å². The summed E-state index contributed by atoms with van der Waals surface area (Å²) in [5, 5.41) is 11.5. The minimum absolute atomic E-state index is 0.366. The molecule has 1 aromatic rings. The number of methoxy groups -OCH3 is 1. The average Bonchev–Trinajstić information content (AvgIpc) is 2.97. The van der Waals surface area contributed by atoms with Gasteiger partial charge in [0.15, 0.2) is 0 Å². The Hall–Kier alpha value is -0.980. The van der Waals surface area contributed by atoms with E-state index in [1.165, 1.54) is 12.8 Å². The summed E-state index contributed by atoms with van der Waals surface area (Å²) in [7, 11) is 1.79. The van der Waals surface area contributed by atoms with Gasteiger partial charge in [-0.05, 0) is 19.3 Å². The van der Waals surface area contributed by atoms with E-state index in [1.54, 1.807) is 7.11 Å². The van der Waals surface area contributed by atoms with E-state index >= 15 is 0 Å². The van der Waals surface area contributed by atoms with Crippen LogP contribution in [0.2, 0.25) is 0 Å². The molecule has 1 saturated carbocycles. The first-order chi connectivity index (χ1) is 8.33. The zero-order valence-corrected chi connectivity index (χ0v) is 10.3. The van der Waals surface area contributed by atoms with Gasteiger partial charge in [-0.3, -0.25) is 4.68 Å². The Morgan fingerprint density at radius 3 is 3.18 bits per heavy atom. The van der Waals surface area contributed by atoms with E-state index in [0.29, 0.717) is 18.7 Å². The average molecular weight is 239 g/mol. The Labute approximate surface area is 102 Å². The SMILES string of the molecule is COC1CCCC1NCCn1cc(CN)nn1. The van der Waals surface area contributed by atoms with E-state index in [0.717, 1.165) is 25.2 Å². The minimum atomic E-state index is 0.366. The number of ether oxygens (including phenoxy) is 1. The first kappa shape index (κ1) is 12.5. The van der Waals surface area contributed by atoms with Crippen LogP contribution < -0.4 is 11.1 Å². The van der Waals surface area contributed by atoms with Gasteiger partial charge in [-0.1, -0.05) is 5.21 Å². The molecule has 0 saturated heterocycles. The fourth-order valence-corrected chi connectivity index (χ4v) is 2.35. The first-order valence-electron chi connectivity index (χ1n) is 6.18. The molecule has 6 nitrogen and oxygen atoms in total. The molecule has 1 aromatic heterocycles. The maximum atomic E-state index is 5.48. The van der Waals surface area contributed by atoms with Gasteiger partial charge in [0, 0.05) is 32.4 Å². The zero-order chi connectivity index (χ0) is 12.1. The lowest BCUT2D eigenvalue weighted by Gasteiger charge is -2.19. The van der Waals surface area contributed by atoms with Crippen LogP contribution in [0.5, 0.6) is 0 Å². The molecule has 6 heteroatoms. The van der Waals surface area contributed by atoms with E-state index in [1.807, 2.05) is 10.9 Å². The van der Waals surface area contributed by atoms with Crippen molar-refractivity contribution in [1.82, 2.24) is 20.3 Å². The van der Waals surface area contributed by atoms with Gasteiger partial charge >= 0.3 is 0 Å². The summed E-state index contributed by atoms with van der Waals surface area (Å²) >= 11 is 0. The van der Waals surface area contributed by atoms with Gasteiger partial charge in [0.1, 0.15) is 0 Å². The van der Waals surface area contributed by atoms with Gasteiger partial charge in [-0.15, -0.1) is 5.10 Å². The normalized spacial score (nSPS) is 24.4. The molecule has 2 atom stereocenters. The molecule has 2 unspecified atom stereocenters. The lowest BCUT2D eigenvalue weighted by Crippen LogP contribution is -2.38. The monoisotopic (exact) mass is 239 g/mol. The number of nitrogens with zero attached hydrogens (tertiary/aromatic N) is 3. The van der Waals surface area contributed by atoms with Crippen LogP contribution in [0.3, 0.4) is 0 Å². The smallest absolute Gasteiger partial charge is 0.0962 e. The number of hydrogen-bond donors (Lipinski definition) is 2. The Morgan fingerprint density at radius 1 is 1.59 bits per heavy atom. The second-order valence-electron chi connectivity index (χ2n) is 4.44. The van der Waals surface area contributed by atoms with E-state index in [-0.39, 0.29) is 0 Å². The number of rotatable bonds is 6. The lowest BCUT2D eigenvalue weighted by molar-refractivity contribution is 0.0849. The van der Waals surface area contributed by atoms with Crippen molar-refractivity contribution >= 4 is 0 Å². The van der Waals surface area contributed by atoms with E-state index in [9.17, 15) is 0 Å². The summed E-state index contributed by atoms with van der Waals surface area (Å²) in [5.41, 5.74) is 6.31. The predicted molar refractivity (Wildman–Crippen MR) is 64.4 cm³/mol. The minimum Gasteiger partial charge on any atom is -0.380 e. The van der Waals surface area contributed by atoms with Crippen molar-refractivity contribution in [2.75, 3.05) is 13.7 Å². The summed E-state index contributed by atoms with van der Waals surface area (Å²) in [4.78, 5) is 0. The van der Waals surface area contributed by atoms with Crippen molar-refractivity contribution in [2.24, 2.45) is 5.73 Å². The van der Waals surface area contributed by atoms with E-state index < -0.39 is 0 Å². The number of nitrogens with two attached hydrogens (primary N) is 1. The van der Waals surface area contributed by atoms with Crippen molar-refractivity contribution in [2.45, 2.75) is 44.5 Å². The van der Waals surface area contributed by atoms with Crippen LogP contribution in [0.4, 0.5) is 0 Å². The second kappa shape index (κ2) is 6.09. The molecular weight excluding hydrogens is 218 g/mol. The maximum absolute atomic E-state index is 5.48. The quantitative estimate of drug-likeness (QED) is 0.724. The predicted octanol–water partition coefficient (Wildman–Crippen LogP) is -0.106. The van der Waals surface area contributed by atoms with Gasteiger partial charge < -0.3 is 15.8 Å². The third-order valence-electron chi connectivity index (χ3n) is 3.30. The summed E-state index contributed by atoms with van der Waals surface area (Å²) in [5.74, 6) is 0. The molecule has 17 heavy (non-hydrogen) atoms. The standard InChI is InChI=1S/C11H21N5O/c1-17-11-4-2-3-10(11)13-5-6-16-8-9(7-12)14-15-16/h8,10-11,13H,2-7,12H2,1H3. The molecule has 0 bridgehead atoms. The molecule has 0 spiro atoms. The van der Waals surface area contributed by atoms with Crippen molar-refractivity contribution in [3.05, 3.63) is 11.9 Å². The zero-order valence-electron chi connectivity index (χ0n) is 10.3. The number of aromatic nitrogens is 3. The summed E-state index contributed by atoms with van der Waals surface area (Å²) < 4.78 is 7.26. The first-order valence-corrected chi connectivity index (χ1v) is 6.18. The number of hydrogen-bond acceptors (Lipinski definition) is 5. The van der Waals surface area contributed by atoms with Gasteiger partial charge in [0.25, 0.3) is 0 Å². The Morgan fingerprint density at radius 2 is 2.47 bits per heavy atom. The fourth-order valence-electron chi connectivity index (χ4n) is 2.35. The Kier molecular flexibility index (Phi) is 4.47. The number of nitrogens with one attached hydrogen (secondary N) is 1. The largest absolute Gasteiger partial charge is 0.380 e. The summed E-state index contributed by atoms with van der Waals surface area (Å²) in [6, 6.07) is 0.484. The molecule has 1 heterocycles. The molecule has 3 N–H and O–H groups in total. The maximum Gasteiger partial charge on any atom is 0.0962 e. The topological polar surface area (TPSA) is 78.0 Å². The Bertz CT molecular complexity index is 340. The lowest BCUT2D eigenvalue weighted by atomic mass is 10.2. The van der Waals surface area contributed by atoms with Crippen LogP contribution in [0.1, 0.15) is 25.0 Å². The highest BCUT2D eigenvalue weighted by molar-refractivity contribution is 4.90. The molecule has 1 fully saturated rings. The molecule has 0 radical (unpaired) electrons. The molecule has 1 aliphatic rings. The highest BCUT2D eigenvalue weighted by atomic mass is 16.5. The van der Waals surface area contributed by atoms with E-state index in [4.69, 9.17) is 10.5 Å². The van der Waals surface area contributed by atoms with Crippen LogP contribution in [0, 0.1) is 0 Å². The van der Waals surface area contributed by atoms with Crippen LogP contribution in [0.15, 0.2) is 6.20 Å². The molecule has 96 valence electrons. The molecule has 2 rings (SSSR count). The summed E-state index contributed by atoms with van der Waals surface area (Å²) in [6.07, 6.45) is 5.87. The summed E-state index contributed by atoms with van der Waals surface area (Å²) in [6.45, 7) is 2.15. The van der Waals surface area contributed by atoms with Crippen LogP contribution >= 0.6 is 0 Å². The van der Waals surface area contributed by atoms with Crippen LogP contribution in [-0.4, -0.2) is 40.8 Å². The van der Waals surface area contributed by atoms with E-state index in [2.05, 4.69) is 15.6 Å². The van der Waals surface area contributed by atoms with Crippen LogP contribution in [0.25, 0.3) is 0 Å². The third kappa shape index (κ3) is 3.24. The molecule has 0 amide bonds. The van der Waals surface area contributed by atoms with Crippen molar-refractivity contribution in [3.8, 4) is 0 Å². The van der Waals surface area contributed by atoms with Gasteiger partial charge in [-0.2, -0.15) is 0 Å². The molecular formula is C11H21N5O. The fraction of sp³-hybridized carbons (Fsp3) is 0.818. The highest BCUT2D eigenvalue weighted by Gasteiger charge is 2.26. The third-order valence-corrected chi connectivity index (χ3v) is 3.30. The molecule has 0 aromatic carbocycles. The van der Waals surface area contributed by atoms with Crippen molar-refractivity contribution in [1.29, 1.82) is 0 Å². The van der Waals surface area contributed by atoms with Gasteiger partial charge in [-0.25, -0.2) is 0 Å². The molecule has 0 aliphatic heterocycles.